The van der Waals surface area contributed by atoms with Crippen LogP contribution in [0.2, 0.25) is 0 Å². The summed E-state index contributed by atoms with van der Waals surface area (Å²) in [7, 11) is 0. The van der Waals surface area contributed by atoms with Crippen LogP contribution in [0.4, 0.5) is 0 Å². The number of benzene rings is 7. The predicted octanol–water partition coefficient (Wildman–Crippen LogP) is 14.9. The van der Waals surface area contributed by atoms with Gasteiger partial charge in [0.25, 0.3) is 0 Å². The van der Waals surface area contributed by atoms with Crippen molar-refractivity contribution in [2.24, 2.45) is 0 Å². The molecule has 0 aliphatic heterocycles. The van der Waals surface area contributed by atoms with Crippen LogP contribution in [-0.4, -0.2) is 110 Å². The van der Waals surface area contributed by atoms with Crippen molar-refractivity contribution in [2.45, 2.75) is 0 Å². The van der Waals surface area contributed by atoms with E-state index in [2.05, 4.69) is 72.8 Å². The molecule has 17 aromatic heterocycles. The van der Waals surface area contributed by atoms with Crippen LogP contribution in [-0.2, 0) is 0 Å². The highest BCUT2D eigenvalue weighted by molar-refractivity contribution is 6.31. The number of hydrogen-bond acceptors (Lipinski definition) is 22. The van der Waals surface area contributed by atoms with Crippen molar-refractivity contribution in [2.75, 3.05) is 0 Å². The second-order valence-corrected chi connectivity index (χ2v) is 24.7. The molecule has 0 aliphatic carbocycles. The summed E-state index contributed by atoms with van der Waals surface area (Å²) < 4.78 is 0. The Morgan fingerprint density at radius 3 is 0.612 bits per heavy atom. The zero-order valence-electron chi connectivity index (χ0n) is 50.2. The number of pyridine rings is 6. The van der Waals surface area contributed by atoms with Crippen molar-refractivity contribution < 1.29 is 0 Å². The lowest BCUT2D eigenvalue weighted by molar-refractivity contribution is 1.29. The van der Waals surface area contributed by atoms with E-state index in [1.54, 1.807) is 62.0 Å². The molecule has 22 nitrogen and oxygen atoms in total. The molecule has 0 aliphatic rings. The third-order valence-corrected chi connectivity index (χ3v) is 19.4. The molecule has 24 bridgehead atoms. The maximum absolute atomic E-state index is 5.66. The van der Waals surface area contributed by atoms with E-state index in [0.29, 0.717) is 220 Å². The molecule has 0 fully saturated rings. The second-order valence-electron chi connectivity index (χ2n) is 24.7. The SMILES string of the molecule is c1cnc2c(cc3ncc4nc3c2c2ccc3ccc5ccc(nc5c3n2)c2c3ncc5nc3c(c3ccc6ccc7ccc(nc7c6n3)c3c6ncc7nc6c(c6ccc8ccc9ccc(nc9c8n6)c6c8nccnc8cc8ncc7nc86)c6ncc5nc63)c3ncc4nc32)n1. The molecular weight excluding hydrogens is 1220 g/mol. The van der Waals surface area contributed by atoms with Gasteiger partial charge >= 0.3 is 0 Å². The van der Waals surface area contributed by atoms with Gasteiger partial charge in [0.05, 0.1) is 158 Å². The molecular formula is C76H30N22. The fourth-order valence-electron chi connectivity index (χ4n) is 14.9. The van der Waals surface area contributed by atoms with Gasteiger partial charge < -0.3 is 0 Å². The first kappa shape index (κ1) is 50.3. The molecule has 444 valence electrons. The molecule has 17 heterocycles. The van der Waals surface area contributed by atoms with Crippen molar-refractivity contribution in [3.63, 3.8) is 0 Å². The lowest BCUT2D eigenvalue weighted by atomic mass is 10.0. The third kappa shape index (κ3) is 6.66. The van der Waals surface area contributed by atoms with Crippen molar-refractivity contribution in [1.82, 2.24) is 110 Å². The first-order chi connectivity index (χ1) is 48.5. The normalized spacial score (nSPS) is 12.7. The predicted molar refractivity (Wildman–Crippen MR) is 381 cm³/mol. The van der Waals surface area contributed by atoms with Crippen LogP contribution in [0.25, 0.3) is 252 Å². The Hall–Kier alpha value is -14.3. The van der Waals surface area contributed by atoms with Gasteiger partial charge in [0.15, 0.2) is 0 Å². The highest BCUT2D eigenvalue weighted by Gasteiger charge is 2.24. The van der Waals surface area contributed by atoms with Gasteiger partial charge in [0.2, 0.25) is 0 Å². The smallest absolute Gasteiger partial charge is 0.109 e. The Kier molecular flexibility index (Phi) is 9.18. The Bertz CT molecular complexity index is 7570. The van der Waals surface area contributed by atoms with E-state index in [9.17, 15) is 0 Å². The summed E-state index contributed by atoms with van der Waals surface area (Å²) in [4.78, 5) is 117. The van der Waals surface area contributed by atoms with E-state index in [1.807, 2.05) is 48.5 Å². The van der Waals surface area contributed by atoms with E-state index in [4.69, 9.17) is 110 Å². The minimum Gasteiger partial charge on any atom is -0.253 e. The molecule has 0 unspecified atom stereocenters. The molecule has 0 saturated heterocycles. The number of hydrogen-bond donors (Lipinski definition) is 0. The molecule has 98 heavy (non-hydrogen) atoms. The first-order valence-corrected chi connectivity index (χ1v) is 31.4. The molecule has 24 rings (SSSR count). The monoisotopic (exact) mass is 1250 g/mol. The van der Waals surface area contributed by atoms with E-state index >= 15 is 0 Å². The molecule has 7 aromatic carbocycles. The molecule has 0 saturated carbocycles. The second kappa shape index (κ2) is 17.9. The fourth-order valence-corrected chi connectivity index (χ4v) is 14.9. The van der Waals surface area contributed by atoms with Crippen LogP contribution in [0.1, 0.15) is 0 Å². The zero-order valence-corrected chi connectivity index (χ0v) is 50.2. The zero-order chi connectivity index (χ0) is 63.3. The number of aromatic nitrogens is 22. The molecule has 0 N–H and O–H groups in total. The van der Waals surface area contributed by atoms with Gasteiger partial charge in [-0.1, -0.05) is 72.8 Å². The Balaban J connectivity index is 0.880. The molecule has 0 atom stereocenters. The molecule has 24 aromatic rings. The molecule has 0 radical (unpaired) electrons. The Morgan fingerprint density at radius 1 is 0.133 bits per heavy atom. The summed E-state index contributed by atoms with van der Waals surface area (Å²) in [6, 6.07) is 40.4. The van der Waals surface area contributed by atoms with Crippen molar-refractivity contribution >= 4 is 252 Å². The third-order valence-electron chi connectivity index (χ3n) is 19.4. The van der Waals surface area contributed by atoms with Gasteiger partial charge in [-0.15, -0.1) is 0 Å². The van der Waals surface area contributed by atoms with E-state index in [1.165, 1.54) is 0 Å². The Morgan fingerprint density at radius 2 is 0.337 bits per heavy atom. The summed E-state index contributed by atoms with van der Waals surface area (Å²) in [5, 5.41) is 8.94. The van der Waals surface area contributed by atoms with Crippen LogP contribution in [0.3, 0.4) is 0 Å². The van der Waals surface area contributed by atoms with Gasteiger partial charge in [-0.05, 0) is 48.5 Å². The molecule has 0 amide bonds. The van der Waals surface area contributed by atoms with Crippen molar-refractivity contribution in [3.05, 3.63) is 183 Å². The van der Waals surface area contributed by atoms with Crippen LogP contribution in [0, 0.1) is 0 Å². The largest absolute Gasteiger partial charge is 0.253 e. The van der Waals surface area contributed by atoms with E-state index in [-0.39, 0.29) is 0 Å². The van der Waals surface area contributed by atoms with Gasteiger partial charge in [-0.3, -0.25) is 49.8 Å². The minimum atomic E-state index is 0.412. The van der Waals surface area contributed by atoms with Crippen LogP contribution in [0.15, 0.2) is 183 Å². The van der Waals surface area contributed by atoms with Crippen LogP contribution in [0.5, 0.6) is 0 Å². The maximum Gasteiger partial charge on any atom is 0.109 e. The van der Waals surface area contributed by atoms with Crippen molar-refractivity contribution in [3.8, 4) is 0 Å². The maximum atomic E-state index is 5.66. The number of fused-ring (bicyclic) bond motifs is 29. The minimum absolute atomic E-state index is 0.412. The lowest BCUT2D eigenvalue weighted by Gasteiger charge is -2.12. The van der Waals surface area contributed by atoms with Gasteiger partial charge in [-0.2, -0.15) is 0 Å². The quantitative estimate of drug-likeness (QED) is 0.101. The highest BCUT2D eigenvalue weighted by Crippen LogP contribution is 2.42. The summed E-state index contributed by atoms with van der Waals surface area (Å²) in [6.07, 6.45) is 17.0. The van der Waals surface area contributed by atoms with Crippen LogP contribution >= 0.6 is 0 Å². The van der Waals surface area contributed by atoms with Gasteiger partial charge in [-0.25, -0.2) is 59.8 Å². The van der Waals surface area contributed by atoms with Crippen LogP contribution < -0.4 is 0 Å². The average Bonchev–Trinajstić information content (AvgIpc) is 0.715. The van der Waals surface area contributed by atoms with Gasteiger partial charge in [0, 0.05) is 57.1 Å². The van der Waals surface area contributed by atoms with E-state index in [0.717, 1.165) is 32.3 Å². The molecule has 0 spiro atoms. The standard InChI is InChI=1S/C76H30N22/c1-3-33-9-15-39-55-71-75-57(69-73(55)95-49(27-83-69)47-25-81-45-23-43-65(79-21-19-77-43)53(67(45)93-47)37-13-7-31(1)59(87-37)61(33)89-39)41-17-11-35-5-6-36-12-18-42(92-64(36)63(35)91-41)58-70-74-56(72-76(58)98-52(30-86-72)51(97-75)29-85-71)40-16-10-34-4-2-32-8-14-38(88-60(32)62(34)90-40)54-66-44(78-20-22-80-66)24-46-68(54)94-48(26-82-46)50(96-74)28-84-70/h1-30H. The topological polar surface area (TPSA) is 284 Å². The summed E-state index contributed by atoms with van der Waals surface area (Å²) >= 11 is 0. The first-order valence-electron chi connectivity index (χ1n) is 31.4. The Labute approximate surface area is 542 Å². The van der Waals surface area contributed by atoms with Crippen molar-refractivity contribution in [1.29, 1.82) is 0 Å². The summed E-state index contributed by atoms with van der Waals surface area (Å²) in [5.41, 5.74) is 19.0. The van der Waals surface area contributed by atoms with E-state index < -0.39 is 0 Å². The highest BCUT2D eigenvalue weighted by atomic mass is 14.9. The number of nitrogens with zero attached hydrogens (tertiary/aromatic N) is 22. The summed E-state index contributed by atoms with van der Waals surface area (Å²) in [5.74, 6) is 0. The number of rotatable bonds is 0. The summed E-state index contributed by atoms with van der Waals surface area (Å²) in [6.45, 7) is 0. The lowest BCUT2D eigenvalue weighted by Crippen LogP contribution is -1.98. The average molecular weight is 1250 g/mol. The fraction of sp³-hybridized carbons (Fsp3) is 0. The van der Waals surface area contributed by atoms with Gasteiger partial charge in [0.1, 0.15) is 99.3 Å². The molecule has 22 heteroatoms.